The molecule has 0 aliphatic carbocycles. The molecule has 1 saturated heterocycles. The number of benzene rings is 1. The van der Waals surface area contributed by atoms with Crippen LogP contribution in [0.25, 0.3) is 10.9 Å². The van der Waals surface area contributed by atoms with Crippen LogP contribution in [0.5, 0.6) is 0 Å². The van der Waals surface area contributed by atoms with Crippen LogP contribution < -0.4 is 27.5 Å². The van der Waals surface area contributed by atoms with Crippen molar-refractivity contribution < 1.29 is 9.59 Å². The summed E-state index contributed by atoms with van der Waals surface area (Å²) in [5.41, 5.74) is 7.16. The van der Waals surface area contributed by atoms with Crippen LogP contribution in [0.15, 0.2) is 10.9 Å². The summed E-state index contributed by atoms with van der Waals surface area (Å²) < 4.78 is 1.40. The molecule has 2 amide bonds. The number of nitrogens with two attached hydrogens (primary N) is 1. The summed E-state index contributed by atoms with van der Waals surface area (Å²) in [6.07, 6.45) is 0. The molecule has 3 unspecified atom stereocenters. The van der Waals surface area contributed by atoms with Crippen LogP contribution in [0.3, 0.4) is 0 Å². The molecule has 1 aliphatic heterocycles. The van der Waals surface area contributed by atoms with Crippen LogP contribution in [-0.2, 0) is 15.0 Å². The SMILES string of the molecule is Bc1cc(B)c2nc(C)n(C3(B)C(=O)NC(=O)C(B)C3B)c(=O)c2c1N. The Morgan fingerprint density at radius 2 is 1.85 bits per heavy atom. The van der Waals surface area contributed by atoms with Crippen molar-refractivity contribution in [2.24, 2.45) is 0 Å². The highest BCUT2D eigenvalue weighted by atomic mass is 16.2. The number of piperidine rings is 1. The Hall–Kier alpha value is -2.38. The predicted molar refractivity (Wildman–Crippen MR) is 116 cm³/mol. The van der Waals surface area contributed by atoms with Gasteiger partial charge in [-0.05, 0) is 12.7 Å². The van der Waals surface area contributed by atoms with Gasteiger partial charge in [0.25, 0.3) is 5.56 Å². The summed E-state index contributed by atoms with van der Waals surface area (Å²) in [5.74, 6) is -1.21. The molecule has 0 radical (unpaired) electrons. The maximum atomic E-state index is 13.4. The second-order valence-electron chi connectivity index (χ2n) is 7.49. The molecule has 0 spiro atoms. The van der Waals surface area contributed by atoms with E-state index in [9.17, 15) is 14.4 Å². The fourth-order valence-electron chi connectivity index (χ4n) is 3.95. The standard InChI is InChI=1S/C14H19B5N4O3/c1-3-21-9-5(16)2-4(15)8(20)6(9)12(25)23(3)14(19)10(18)7(17)11(24)22-13(14)26/h2,7,10H,15-20H2,1H3,(H,22,24,26). The van der Waals surface area contributed by atoms with Crippen molar-refractivity contribution in [3.63, 3.8) is 0 Å². The molecule has 26 heavy (non-hydrogen) atoms. The molecule has 2 heterocycles. The van der Waals surface area contributed by atoms with Gasteiger partial charge in [0.05, 0.1) is 16.3 Å². The minimum absolute atomic E-state index is 0.318. The number of nitrogens with zero attached hydrogens (tertiary/aromatic N) is 2. The largest absolute Gasteiger partial charge is 0.398 e. The number of amides is 2. The van der Waals surface area contributed by atoms with Gasteiger partial charge in [0, 0.05) is 11.5 Å². The van der Waals surface area contributed by atoms with E-state index in [0.717, 1.165) is 10.9 Å². The molecule has 1 aromatic carbocycles. The first kappa shape index (κ1) is 18.4. The second kappa shape index (κ2) is 5.82. The topological polar surface area (TPSA) is 107 Å². The first-order chi connectivity index (χ1) is 12.0. The van der Waals surface area contributed by atoms with Crippen molar-refractivity contribution in [3.05, 3.63) is 22.2 Å². The Bertz CT molecular complexity index is 1040. The maximum Gasteiger partial charge on any atom is 0.263 e. The molecule has 1 aliphatic rings. The van der Waals surface area contributed by atoms with Crippen LogP contribution in [0.1, 0.15) is 5.82 Å². The maximum absolute atomic E-state index is 13.4. The van der Waals surface area contributed by atoms with Gasteiger partial charge >= 0.3 is 0 Å². The molecule has 0 bridgehead atoms. The number of aromatic nitrogens is 2. The van der Waals surface area contributed by atoms with E-state index in [4.69, 9.17) is 5.73 Å². The number of aryl methyl sites for hydroxylation is 1. The Kier molecular flexibility index (Phi) is 4.12. The third kappa shape index (κ3) is 2.27. The summed E-state index contributed by atoms with van der Waals surface area (Å²) in [4.78, 5) is 42.8. The number of fused-ring (bicyclic) bond motifs is 1. The van der Waals surface area contributed by atoms with E-state index in [0.29, 0.717) is 22.4 Å². The lowest BCUT2D eigenvalue weighted by molar-refractivity contribution is -0.137. The zero-order valence-corrected chi connectivity index (χ0v) is 15.9. The molecule has 12 heteroatoms. The zero-order chi connectivity index (χ0) is 19.5. The monoisotopic (exact) mass is 346 g/mol. The summed E-state index contributed by atoms with van der Waals surface area (Å²) in [6, 6.07) is 1.90. The van der Waals surface area contributed by atoms with Crippen LogP contribution in [0.4, 0.5) is 5.69 Å². The average Bonchev–Trinajstić information content (AvgIpc) is 2.56. The molecule has 1 aromatic heterocycles. The average molecular weight is 345 g/mol. The number of nitrogens with one attached hydrogen (secondary N) is 1. The van der Waals surface area contributed by atoms with Gasteiger partial charge in [-0.3, -0.25) is 24.3 Å². The summed E-state index contributed by atoms with van der Waals surface area (Å²) in [5, 5.41) is 2.71. The number of carbonyl (C=O) groups is 2. The normalized spacial score (nSPS) is 26.0. The highest BCUT2D eigenvalue weighted by molar-refractivity contribution is 6.45. The van der Waals surface area contributed by atoms with Crippen molar-refractivity contribution in [3.8, 4) is 0 Å². The van der Waals surface area contributed by atoms with E-state index in [2.05, 4.69) is 10.3 Å². The molecule has 0 saturated carbocycles. The van der Waals surface area contributed by atoms with Gasteiger partial charge in [-0.15, -0.1) is 0 Å². The fourth-order valence-corrected chi connectivity index (χ4v) is 3.95. The first-order valence-corrected chi connectivity index (χ1v) is 8.66. The molecule has 128 valence electrons. The van der Waals surface area contributed by atoms with Gasteiger partial charge in [0.2, 0.25) is 11.8 Å². The van der Waals surface area contributed by atoms with Gasteiger partial charge in [-0.2, -0.15) is 0 Å². The zero-order valence-electron chi connectivity index (χ0n) is 15.9. The van der Waals surface area contributed by atoms with Crippen molar-refractivity contribution in [1.82, 2.24) is 14.9 Å². The molecule has 7 nitrogen and oxygen atoms in total. The van der Waals surface area contributed by atoms with E-state index in [1.54, 1.807) is 22.6 Å². The quantitative estimate of drug-likeness (QED) is 0.304. The van der Waals surface area contributed by atoms with Crippen molar-refractivity contribution in [1.29, 1.82) is 0 Å². The Morgan fingerprint density at radius 3 is 2.46 bits per heavy atom. The van der Waals surface area contributed by atoms with Crippen LogP contribution in [0, 0.1) is 6.92 Å². The number of rotatable bonds is 1. The van der Waals surface area contributed by atoms with Crippen molar-refractivity contribution in [2.75, 3.05) is 5.73 Å². The summed E-state index contributed by atoms with van der Waals surface area (Å²) >= 11 is 0. The smallest absolute Gasteiger partial charge is 0.263 e. The van der Waals surface area contributed by atoms with E-state index >= 15 is 0 Å². The molecule has 3 atom stereocenters. The van der Waals surface area contributed by atoms with E-state index in [-0.39, 0.29) is 17.3 Å². The van der Waals surface area contributed by atoms with Gasteiger partial charge in [-0.1, -0.05) is 17.0 Å². The molecule has 1 fully saturated rings. The van der Waals surface area contributed by atoms with Crippen molar-refractivity contribution >= 4 is 78.6 Å². The summed E-state index contributed by atoms with van der Waals surface area (Å²) in [6.45, 7) is 1.70. The lowest BCUT2D eigenvalue weighted by atomic mass is 9.49. The molecular weight excluding hydrogens is 326 g/mol. The number of anilines is 1. The lowest BCUT2D eigenvalue weighted by Gasteiger charge is -2.43. The van der Waals surface area contributed by atoms with Crippen LogP contribution in [0.2, 0.25) is 11.6 Å². The van der Waals surface area contributed by atoms with Gasteiger partial charge in [0.1, 0.15) is 45.1 Å². The number of imide groups is 1. The van der Waals surface area contributed by atoms with E-state index in [1.165, 1.54) is 4.57 Å². The Balaban J connectivity index is 2.43. The molecule has 2 aromatic rings. The third-order valence-electron chi connectivity index (χ3n) is 5.96. The minimum atomic E-state index is -1.24. The second-order valence-corrected chi connectivity index (χ2v) is 7.49. The van der Waals surface area contributed by atoms with Crippen LogP contribution >= 0.6 is 0 Å². The third-order valence-corrected chi connectivity index (χ3v) is 5.96. The molecular formula is C14H19B5N4O3. The number of nitrogen functional groups attached to an aromatic ring is 1. The Labute approximate surface area is 155 Å². The summed E-state index contributed by atoms with van der Waals surface area (Å²) in [7, 11) is 8.95. The number of carbonyl (C=O) groups excluding carboxylic acids is 2. The van der Waals surface area contributed by atoms with Gasteiger partial charge in [0.15, 0.2) is 0 Å². The predicted octanol–water partition coefficient (Wildman–Crippen LogP) is -6.41. The lowest BCUT2D eigenvalue weighted by Crippen LogP contribution is -2.63. The minimum Gasteiger partial charge on any atom is -0.398 e. The number of hydrogen-bond acceptors (Lipinski definition) is 5. The van der Waals surface area contributed by atoms with E-state index < -0.39 is 17.2 Å². The Morgan fingerprint density at radius 1 is 1.23 bits per heavy atom. The fraction of sp³-hybridized carbons (Fsp3) is 0.286. The highest BCUT2D eigenvalue weighted by Gasteiger charge is 2.50. The highest BCUT2D eigenvalue weighted by Crippen LogP contribution is 2.38. The van der Waals surface area contributed by atoms with Gasteiger partial charge in [-0.25, -0.2) is 4.98 Å². The van der Waals surface area contributed by atoms with E-state index in [1.807, 2.05) is 29.6 Å². The number of hydrogen-bond donors (Lipinski definition) is 2. The molecule has 3 N–H and O–H groups in total. The van der Waals surface area contributed by atoms with Gasteiger partial charge < -0.3 is 5.73 Å². The van der Waals surface area contributed by atoms with Crippen molar-refractivity contribution in [2.45, 2.75) is 24.0 Å². The first-order valence-electron chi connectivity index (χ1n) is 8.66. The molecule has 3 rings (SSSR count). The van der Waals surface area contributed by atoms with Crippen LogP contribution in [-0.4, -0.2) is 60.6 Å².